The molecule has 3 aliphatic heterocycles. The maximum atomic E-state index is 13.4. The molecular formula is C28H30N4O4. The summed E-state index contributed by atoms with van der Waals surface area (Å²) < 4.78 is 12.8. The molecule has 2 aromatic carbocycles. The largest absolute Gasteiger partial charge is 0.454 e. The summed E-state index contributed by atoms with van der Waals surface area (Å²) in [7, 11) is 0. The number of hydrogen-bond acceptors (Lipinski definition) is 5. The summed E-state index contributed by atoms with van der Waals surface area (Å²) in [5, 5.41) is 4.81. The molecule has 8 nitrogen and oxygen atoms in total. The maximum Gasteiger partial charge on any atom is 0.274 e. The molecule has 0 atom stereocenters. The molecule has 2 amide bonds. The minimum absolute atomic E-state index is 0.00906. The Morgan fingerprint density at radius 1 is 0.889 bits per heavy atom. The van der Waals surface area contributed by atoms with E-state index in [9.17, 15) is 9.59 Å². The molecule has 1 saturated heterocycles. The molecule has 0 radical (unpaired) electrons. The Hall–Kier alpha value is -3.81. The van der Waals surface area contributed by atoms with Crippen molar-refractivity contribution in [3.05, 3.63) is 76.6 Å². The number of carbonyl (C=O) groups is 2. The molecule has 0 spiro atoms. The van der Waals surface area contributed by atoms with Gasteiger partial charge in [0.1, 0.15) is 0 Å². The number of ether oxygens (including phenoxy) is 2. The molecule has 3 aromatic rings. The van der Waals surface area contributed by atoms with Gasteiger partial charge in [-0.05, 0) is 42.5 Å². The fraction of sp³-hybridized carbons (Fsp3) is 0.393. The summed E-state index contributed by atoms with van der Waals surface area (Å²) in [5.41, 5.74) is 4.68. The number of carbonyl (C=O) groups excluding carboxylic acids is 2. The highest BCUT2D eigenvalue weighted by Gasteiger charge is 2.32. The van der Waals surface area contributed by atoms with Crippen molar-refractivity contribution < 1.29 is 19.1 Å². The molecule has 0 aliphatic carbocycles. The fourth-order valence-corrected chi connectivity index (χ4v) is 5.34. The van der Waals surface area contributed by atoms with Gasteiger partial charge in [0.2, 0.25) is 12.7 Å². The molecule has 36 heavy (non-hydrogen) atoms. The number of benzene rings is 2. The normalized spacial score (nSPS) is 16.3. The van der Waals surface area contributed by atoms with Crippen molar-refractivity contribution >= 4 is 11.8 Å². The Bertz CT molecular complexity index is 1280. The van der Waals surface area contributed by atoms with Gasteiger partial charge in [-0.25, -0.2) is 0 Å². The van der Waals surface area contributed by atoms with E-state index in [1.54, 1.807) is 0 Å². The van der Waals surface area contributed by atoms with E-state index in [4.69, 9.17) is 14.6 Å². The minimum Gasteiger partial charge on any atom is -0.454 e. The summed E-state index contributed by atoms with van der Waals surface area (Å²) in [5.74, 6) is 1.56. The molecule has 6 rings (SSSR count). The average molecular weight is 487 g/mol. The first-order valence-electron chi connectivity index (χ1n) is 12.7. The van der Waals surface area contributed by atoms with Crippen LogP contribution in [0.3, 0.4) is 0 Å². The summed E-state index contributed by atoms with van der Waals surface area (Å²) in [4.78, 5) is 30.4. The fourth-order valence-electron chi connectivity index (χ4n) is 5.34. The number of aromatic nitrogens is 2. The van der Waals surface area contributed by atoms with E-state index in [0.29, 0.717) is 44.6 Å². The van der Waals surface area contributed by atoms with Crippen LogP contribution in [0, 0.1) is 0 Å². The van der Waals surface area contributed by atoms with Crippen molar-refractivity contribution in [1.29, 1.82) is 0 Å². The van der Waals surface area contributed by atoms with Gasteiger partial charge in [0, 0.05) is 50.3 Å². The third-order valence-electron chi connectivity index (χ3n) is 7.32. The maximum absolute atomic E-state index is 13.4. The summed E-state index contributed by atoms with van der Waals surface area (Å²) >= 11 is 0. The minimum atomic E-state index is -0.00906. The lowest BCUT2D eigenvalue weighted by atomic mass is 10.0. The number of nitrogens with zero attached hydrogens (tertiary/aromatic N) is 4. The Morgan fingerprint density at radius 3 is 2.53 bits per heavy atom. The predicted molar refractivity (Wildman–Crippen MR) is 133 cm³/mol. The van der Waals surface area contributed by atoms with Gasteiger partial charge < -0.3 is 19.3 Å². The standard InChI is InChI=1S/C28H30N4O4/c33-26(11-9-20-8-10-24-25(16-20)36-19-35-24)31-15-12-23-22(18-31)27(28(34)30-13-4-5-14-30)29-32(23)17-21-6-2-1-3-7-21/h1-3,6-8,10,16H,4-5,9,11-15,17-19H2. The average Bonchev–Trinajstić information content (AvgIpc) is 3.67. The first kappa shape index (κ1) is 22.6. The van der Waals surface area contributed by atoms with Gasteiger partial charge in [0.25, 0.3) is 5.91 Å². The zero-order valence-corrected chi connectivity index (χ0v) is 20.3. The number of rotatable bonds is 6. The first-order valence-corrected chi connectivity index (χ1v) is 12.7. The molecule has 186 valence electrons. The van der Waals surface area contributed by atoms with Crippen LogP contribution >= 0.6 is 0 Å². The molecule has 3 aliphatic rings. The van der Waals surface area contributed by atoms with Crippen molar-refractivity contribution in [2.24, 2.45) is 0 Å². The van der Waals surface area contributed by atoms with Crippen molar-refractivity contribution in [2.45, 2.75) is 45.2 Å². The van der Waals surface area contributed by atoms with Gasteiger partial charge in [-0.1, -0.05) is 36.4 Å². The SMILES string of the molecule is O=C(CCc1ccc2c(c1)OCO2)N1CCc2c(c(C(=O)N3CCCC3)nn2Cc2ccccc2)C1. The van der Waals surface area contributed by atoms with Crippen LogP contribution in [0.2, 0.25) is 0 Å². The van der Waals surface area contributed by atoms with E-state index in [1.165, 1.54) is 0 Å². The van der Waals surface area contributed by atoms with Crippen LogP contribution in [0.4, 0.5) is 0 Å². The third kappa shape index (κ3) is 4.43. The lowest BCUT2D eigenvalue weighted by Gasteiger charge is -2.28. The smallest absolute Gasteiger partial charge is 0.274 e. The Balaban J connectivity index is 1.20. The van der Waals surface area contributed by atoms with Gasteiger partial charge in [-0.3, -0.25) is 14.3 Å². The van der Waals surface area contributed by atoms with E-state index >= 15 is 0 Å². The van der Waals surface area contributed by atoms with Crippen LogP contribution in [0.1, 0.15) is 52.1 Å². The quantitative estimate of drug-likeness (QED) is 0.534. The van der Waals surface area contributed by atoms with Crippen LogP contribution in [-0.2, 0) is 30.7 Å². The van der Waals surface area contributed by atoms with E-state index in [1.807, 2.05) is 50.9 Å². The van der Waals surface area contributed by atoms with Crippen molar-refractivity contribution in [3.8, 4) is 11.5 Å². The number of likely N-dealkylation sites (tertiary alicyclic amines) is 1. The van der Waals surface area contributed by atoms with E-state index in [0.717, 1.165) is 59.8 Å². The topological polar surface area (TPSA) is 76.9 Å². The molecule has 0 unspecified atom stereocenters. The second-order valence-corrected chi connectivity index (χ2v) is 9.67. The Kier molecular flexibility index (Phi) is 6.09. The molecule has 1 fully saturated rings. The summed E-state index contributed by atoms with van der Waals surface area (Å²) in [6.07, 6.45) is 3.79. The van der Waals surface area contributed by atoms with Gasteiger partial charge in [-0.2, -0.15) is 5.10 Å². The molecule has 4 heterocycles. The van der Waals surface area contributed by atoms with Crippen molar-refractivity contribution in [2.75, 3.05) is 26.4 Å². The second kappa shape index (κ2) is 9.68. The number of hydrogen-bond donors (Lipinski definition) is 0. The van der Waals surface area contributed by atoms with Crippen LogP contribution < -0.4 is 9.47 Å². The van der Waals surface area contributed by atoms with Crippen LogP contribution in [-0.4, -0.2) is 57.8 Å². The zero-order chi connectivity index (χ0) is 24.5. The Morgan fingerprint density at radius 2 is 1.69 bits per heavy atom. The molecule has 8 heteroatoms. The van der Waals surface area contributed by atoms with Crippen molar-refractivity contribution in [1.82, 2.24) is 19.6 Å². The van der Waals surface area contributed by atoms with Crippen LogP contribution in [0.15, 0.2) is 48.5 Å². The number of aryl methyl sites for hydroxylation is 1. The molecule has 1 aromatic heterocycles. The molecule has 0 saturated carbocycles. The third-order valence-corrected chi connectivity index (χ3v) is 7.32. The van der Waals surface area contributed by atoms with E-state index in [2.05, 4.69) is 12.1 Å². The number of amides is 2. The van der Waals surface area contributed by atoms with Gasteiger partial charge in [0.15, 0.2) is 17.2 Å². The lowest BCUT2D eigenvalue weighted by Crippen LogP contribution is -2.37. The molecule has 0 N–H and O–H groups in total. The van der Waals surface area contributed by atoms with Crippen molar-refractivity contribution in [3.63, 3.8) is 0 Å². The number of fused-ring (bicyclic) bond motifs is 2. The Labute approximate surface area is 210 Å². The highest BCUT2D eigenvalue weighted by Crippen LogP contribution is 2.33. The zero-order valence-electron chi connectivity index (χ0n) is 20.3. The monoisotopic (exact) mass is 486 g/mol. The second-order valence-electron chi connectivity index (χ2n) is 9.67. The molecular weight excluding hydrogens is 456 g/mol. The summed E-state index contributed by atoms with van der Waals surface area (Å²) in [6, 6.07) is 16.0. The predicted octanol–water partition coefficient (Wildman–Crippen LogP) is 3.41. The highest BCUT2D eigenvalue weighted by atomic mass is 16.7. The first-order chi connectivity index (χ1) is 17.7. The lowest BCUT2D eigenvalue weighted by molar-refractivity contribution is -0.132. The van der Waals surface area contributed by atoms with Gasteiger partial charge >= 0.3 is 0 Å². The van der Waals surface area contributed by atoms with E-state index < -0.39 is 0 Å². The van der Waals surface area contributed by atoms with Gasteiger partial charge in [-0.15, -0.1) is 0 Å². The summed E-state index contributed by atoms with van der Waals surface area (Å²) in [6.45, 7) is 3.47. The highest BCUT2D eigenvalue weighted by molar-refractivity contribution is 5.94. The van der Waals surface area contributed by atoms with Gasteiger partial charge in [0.05, 0.1) is 6.54 Å². The molecule has 0 bridgehead atoms. The van der Waals surface area contributed by atoms with Crippen LogP contribution in [0.5, 0.6) is 11.5 Å². The van der Waals surface area contributed by atoms with E-state index in [-0.39, 0.29) is 18.6 Å². The van der Waals surface area contributed by atoms with Crippen LogP contribution in [0.25, 0.3) is 0 Å².